The maximum atomic E-state index is 13.4. The number of rotatable bonds is 6. The van der Waals surface area contributed by atoms with Crippen molar-refractivity contribution in [1.82, 2.24) is 15.3 Å². The molecular formula is C25H15Cl3F3N3O3. The number of aromatic nitrogens is 2. The first kappa shape index (κ1) is 26.7. The molecular weight excluding hydrogens is 554 g/mol. The van der Waals surface area contributed by atoms with Crippen molar-refractivity contribution in [1.29, 1.82) is 0 Å². The number of carboxylic acids is 1. The van der Waals surface area contributed by atoms with Crippen LogP contribution in [0.4, 0.5) is 13.2 Å². The molecule has 0 saturated heterocycles. The normalized spacial score (nSPS) is 12.4. The Bertz CT molecular complexity index is 1510. The summed E-state index contributed by atoms with van der Waals surface area (Å²) in [7, 11) is 0. The molecule has 37 heavy (non-hydrogen) atoms. The van der Waals surface area contributed by atoms with Crippen molar-refractivity contribution in [3.63, 3.8) is 0 Å². The van der Waals surface area contributed by atoms with Crippen LogP contribution in [0.25, 0.3) is 22.2 Å². The van der Waals surface area contributed by atoms with E-state index in [0.717, 1.165) is 12.3 Å². The van der Waals surface area contributed by atoms with Gasteiger partial charge in [-0.15, -0.1) is 0 Å². The van der Waals surface area contributed by atoms with Gasteiger partial charge >= 0.3 is 12.1 Å². The average Bonchev–Trinajstić information content (AvgIpc) is 2.83. The quantitative estimate of drug-likeness (QED) is 0.270. The third-order valence-corrected chi connectivity index (χ3v) is 6.53. The van der Waals surface area contributed by atoms with Crippen LogP contribution in [0.2, 0.25) is 15.1 Å². The van der Waals surface area contributed by atoms with E-state index in [1.807, 2.05) is 0 Å². The van der Waals surface area contributed by atoms with Crippen molar-refractivity contribution in [3.05, 3.63) is 92.7 Å². The first-order valence-corrected chi connectivity index (χ1v) is 11.7. The molecule has 0 bridgehead atoms. The van der Waals surface area contributed by atoms with E-state index in [0.29, 0.717) is 16.5 Å². The topological polar surface area (TPSA) is 92.2 Å². The number of nitrogens with one attached hydrogen (secondary N) is 1. The minimum absolute atomic E-state index is 0.0519. The van der Waals surface area contributed by atoms with Gasteiger partial charge in [0, 0.05) is 29.8 Å². The van der Waals surface area contributed by atoms with Crippen molar-refractivity contribution < 1.29 is 27.9 Å². The molecule has 2 heterocycles. The summed E-state index contributed by atoms with van der Waals surface area (Å²) in [6.45, 7) is 0. The molecule has 0 aliphatic heterocycles. The fourth-order valence-electron chi connectivity index (χ4n) is 3.82. The Hall–Kier alpha value is -3.40. The van der Waals surface area contributed by atoms with E-state index in [-0.39, 0.29) is 33.3 Å². The number of halogens is 6. The monoisotopic (exact) mass is 567 g/mol. The number of carbonyl (C=O) groups is 2. The maximum absolute atomic E-state index is 13.4. The molecule has 4 aromatic rings. The summed E-state index contributed by atoms with van der Waals surface area (Å²) in [5, 5.41) is 12.1. The third-order valence-electron chi connectivity index (χ3n) is 5.52. The highest BCUT2D eigenvalue weighted by Crippen LogP contribution is 2.40. The summed E-state index contributed by atoms with van der Waals surface area (Å²) in [4.78, 5) is 33.1. The summed E-state index contributed by atoms with van der Waals surface area (Å²) < 4.78 is 40.2. The molecule has 1 unspecified atom stereocenters. The molecule has 6 nitrogen and oxygen atoms in total. The van der Waals surface area contributed by atoms with Crippen molar-refractivity contribution in [2.45, 2.75) is 18.6 Å². The van der Waals surface area contributed by atoms with Crippen LogP contribution in [-0.4, -0.2) is 33.0 Å². The zero-order valence-electron chi connectivity index (χ0n) is 18.5. The summed E-state index contributed by atoms with van der Waals surface area (Å²) in [6.07, 6.45) is -2.41. The summed E-state index contributed by atoms with van der Waals surface area (Å²) in [5.41, 5.74) is -0.195. The van der Waals surface area contributed by atoms with Gasteiger partial charge in [-0.3, -0.25) is 14.8 Å². The lowest BCUT2D eigenvalue weighted by atomic mass is 9.96. The molecule has 0 saturated carbocycles. The molecule has 0 spiro atoms. The molecule has 1 amide bonds. The third kappa shape index (κ3) is 5.49. The molecule has 0 aliphatic carbocycles. The molecule has 0 radical (unpaired) electrons. The van der Waals surface area contributed by atoms with Gasteiger partial charge in [0.15, 0.2) is 0 Å². The Morgan fingerprint density at radius 1 is 0.946 bits per heavy atom. The first-order valence-electron chi connectivity index (χ1n) is 10.6. The van der Waals surface area contributed by atoms with Crippen LogP contribution in [0, 0.1) is 0 Å². The lowest BCUT2D eigenvalue weighted by molar-refractivity contribution is -0.139. The Kier molecular flexibility index (Phi) is 7.59. The predicted molar refractivity (Wildman–Crippen MR) is 134 cm³/mol. The van der Waals surface area contributed by atoms with E-state index in [2.05, 4.69) is 15.3 Å². The number of carbonyl (C=O) groups excluding carboxylic acids is 1. The minimum Gasteiger partial charge on any atom is -0.480 e. The number of aliphatic carboxylic acids is 1. The molecule has 0 fully saturated rings. The second-order valence-electron chi connectivity index (χ2n) is 7.86. The Morgan fingerprint density at radius 3 is 2.30 bits per heavy atom. The maximum Gasteiger partial charge on any atom is 0.417 e. The molecule has 0 aliphatic rings. The van der Waals surface area contributed by atoms with Crippen LogP contribution in [0.1, 0.15) is 21.5 Å². The Balaban J connectivity index is 1.73. The molecule has 12 heteroatoms. The fraction of sp³-hybridized carbons (Fsp3) is 0.120. The molecule has 190 valence electrons. The van der Waals surface area contributed by atoms with Gasteiger partial charge in [-0.1, -0.05) is 59.1 Å². The molecule has 2 aromatic heterocycles. The number of carboxylic acid groups (broad SMARTS) is 1. The Morgan fingerprint density at radius 2 is 1.65 bits per heavy atom. The zero-order valence-corrected chi connectivity index (χ0v) is 20.8. The molecule has 2 N–H and O–H groups in total. The smallest absolute Gasteiger partial charge is 0.417 e. The van der Waals surface area contributed by atoms with E-state index in [9.17, 15) is 27.9 Å². The molecule has 4 rings (SSSR count). The largest absolute Gasteiger partial charge is 0.480 e. The van der Waals surface area contributed by atoms with E-state index in [1.165, 1.54) is 30.5 Å². The van der Waals surface area contributed by atoms with Crippen molar-refractivity contribution in [2.24, 2.45) is 0 Å². The highest BCUT2D eigenvalue weighted by molar-refractivity contribution is 6.39. The van der Waals surface area contributed by atoms with E-state index in [4.69, 9.17) is 34.8 Å². The Labute approximate surface area is 223 Å². The van der Waals surface area contributed by atoms with E-state index in [1.54, 1.807) is 18.2 Å². The highest BCUT2D eigenvalue weighted by Gasteiger charge is 2.35. The van der Waals surface area contributed by atoms with Gasteiger partial charge in [-0.25, -0.2) is 4.79 Å². The lowest BCUT2D eigenvalue weighted by Crippen LogP contribution is -2.42. The standard InChI is InChI=1S/C25H15Cl3F3N3O3/c26-16-4-1-5-17(27)19(16)23(35)34-18(24(36)37)11-12-6-7-14(13-3-2-9-32-21(12)13)22-20(28)15(8-10-33-22)25(29,30)31/h1-10,18H,11H2,(H,34,35)(H,36,37). The van der Waals surface area contributed by atoms with Crippen molar-refractivity contribution in [2.75, 3.05) is 0 Å². The minimum atomic E-state index is -4.68. The number of benzene rings is 2. The van der Waals surface area contributed by atoms with Gasteiger partial charge < -0.3 is 10.4 Å². The number of amides is 1. The second kappa shape index (κ2) is 10.5. The number of hydrogen-bond donors (Lipinski definition) is 2. The van der Waals surface area contributed by atoms with Crippen LogP contribution in [-0.2, 0) is 17.4 Å². The van der Waals surface area contributed by atoms with Crippen LogP contribution in [0.15, 0.2) is 60.9 Å². The number of fused-ring (bicyclic) bond motifs is 1. The van der Waals surface area contributed by atoms with Gasteiger partial charge in [0.1, 0.15) is 6.04 Å². The van der Waals surface area contributed by atoms with E-state index >= 15 is 0 Å². The van der Waals surface area contributed by atoms with Crippen LogP contribution >= 0.6 is 34.8 Å². The van der Waals surface area contributed by atoms with Crippen LogP contribution in [0.5, 0.6) is 0 Å². The van der Waals surface area contributed by atoms with Gasteiger partial charge in [-0.05, 0) is 29.8 Å². The average molecular weight is 569 g/mol. The summed E-state index contributed by atoms with van der Waals surface area (Å²) >= 11 is 18.2. The SMILES string of the molecule is O=C(NC(Cc1ccc(-c2nccc(C(F)(F)F)c2Cl)c2cccnc12)C(=O)O)c1c(Cl)cccc1Cl. The van der Waals surface area contributed by atoms with Crippen molar-refractivity contribution in [3.8, 4) is 11.3 Å². The number of nitrogens with zero attached hydrogens (tertiary/aromatic N) is 2. The number of alkyl halides is 3. The first-order chi connectivity index (χ1) is 17.5. The fourth-order valence-corrected chi connectivity index (χ4v) is 4.71. The van der Waals surface area contributed by atoms with Gasteiger partial charge in [-0.2, -0.15) is 13.2 Å². The van der Waals surface area contributed by atoms with Crippen molar-refractivity contribution >= 4 is 57.6 Å². The van der Waals surface area contributed by atoms with Gasteiger partial charge in [0.25, 0.3) is 5.91 Å². The number of pyridine rings is 2. The predicted octanol–water partition coefficient (Wildman–Crippen LogP) is 6.70. The van der Waals surface area contributed by atoms with Gasteiger partial charge in [0.05, 0.1) is 37.4 Å². The summed E-state index contributed by atoms with van der Waals surface area (Å²) in [5.74, 6) is -2.11. The van der Waals surface area contributed by atoms with Crippen LogP contribution < -0.4 is 5.32 Å². The lowest BCUT2D eigenvalue weighted by Gasteiger charge is -2.18. The number of hydrogen-bond acceptors (Lipinski definition) is 4. The van der Waals surface area contributed by atoms with Gasteiger partial charge in [0.2, 0.25) is 0 Å². The summed E-state index contributed by atoms with van der Waals surface area (Å²) in [6, 6.07) is 10.00. The molecule has 1 atom stereocenters. The second-order valence-corrected chi connectivity index (χ2v) is 9.05. The van der Waals surface area contributed by atoms with E-state index < -0.39 is 34.7 Å². The highest BCUT2D eigenvalue weighted by atomic mass is 35.5. The van der Waals surface area contributed by atoms with Crippen LogP contribution in [0.3, 0.4) is 0 Å². The molecule has 2 aromatic carbocycles. The zero-order chi connectivity index (χ0) is 26.9.